The van der Waals surface area contributed by atoms with Crippen molar-refractivity contribution in [3.63, 3.8) is 0 Å². The second-order valence-corrected chi connectivity index (χ2v) is 12.8. The van der Waals surface area contributed by atoms with Gasteiger partial charge in [0.1, 0.15) is 5.41 Å². The van der Waals surface area contributed by atoms with Crippen LogP contribution in [0.4, 0.5) is 0 Å². The van der Waals surface area contributed by atoms with E-state index in [4.69, 9.17) is 0 Å². The van der Waals surface area contributed by atoms with Crippen molar-refractivity contribution in [1.82, 2.24) is 0 Å². The summed E-state index contributed by atoms with van der Waals surface area (Å²) in [6.45, 7) is 0. The van der Waals surface area contributed by atoms with Crippen LogP contribution < -0.4 is 0 Å². The minimum absolute atomic E-state index is 0.0254. The first-order valence-corrected chi connectivity index (χ1v) is 17.1. The molecule has 4 heteroatoms. The van der Waals surface area contributed by atoms with Gasteiger partial charge in [0, 0.05) is 12.3 Å². The normalized spacial score (nSPS) is 23.8. The van der Waals surface area contributed by atoms with Gasteiger partial charge in [-0.15, -0.1) is 0 Å². The molecule has 0 heterocycles. The summed E-state index contributed by atoms with van der Waals surface area (Å²) in [6, 6.07) is 0. The van der Waals surface area contributed by atoms with E-state index in [1.807, 2.05) is 0 Å². The van der Waals surface area contributed by atoms with E-state index in [9.17, 15) is 19.8 Å². The molecule has 1 unspecified atom stereocenters. The SMILES string of the molecule is O=C(O)CCC(C1=CCCCCCCCC1)C(C(=O)O)(C1=CCCCCCCCC1)C1=CCCCCCCCC1. The molecule has 0 amide bonds. The highest BCUT2D eigenvalue weighted by Crippen LogP contribution is 2.53. The molecule has 226 valence electrons. The first kappa shape index (κ1) is 32.7. The molecular formula is C36H58O4. The quantitative estimate of drug-likeness (QED) is 0.293. The smallest absolute Gasteiger partial charge is 0.318 e. The predicted molar refractivity (Wildman–Crippen MR) is 165 cm³/mol. The highest BCUT2D eigenvalue weighted by Gasteiger charge is 2.51. The maximum absolute atomic E-state index is 14.1. The molecule has 3 aliphatic rings. The van der Waals surface area contributed by atoms with Gasteiger partial charge in [-0.05, 0) is 83.5 Å². The third-order valence-corrected chi connectivity index (χ3v) is 9.88. The maximum atomic E-state index is 14.1. The lowest BCUT2D eigenvalue weighted by Gasteiger charge is -2.44. The van der Waals surface area contributed by atoms with Gasteiger partial charge in [0.2, 0.25) is 0 Å². The number of rotatable bonds is 8. The number of allylic oxidation sites excluding steroid dienone is 4. The van der Waals surface area contributed by atoms with Crippen LogP contribution in [0, 0.1) is 11.3 Å². The van der Waals surface area contributed by atoms with Crippen LogP contribution in [0.1, 0.15) is 167 Å². The van der Waals surface area contributed by atoms with E-state index in [-0.39, 0.29) is 12.3 Å². The second-order valence-electron chi connectivity index (χ2n) is 12.8. The monoisotopic (exact) mass is 554 g/mol. The molecule has 0 saturated heterocycles. The maximum Gasteiger partial charge on any atom is 0.318 e. The van der Waals surface area contributed by atoms with Gasteiger partial charge >= 0.3 is 11.9 Å². The van der Waals surface area contributed by atoms with Crippen LogP contribution in [0.25, 0.3) is 0 Å². The molecule has 0 aromatic carbocycles. The molecule has 1 atom stereocenters. The minimum Gasteiger partial charge on any atom is -0.481 e. The molecule has 3 aliphatic carbocycles. The van der Waals surface area contributed by atoms with Gasteiger partial charge in [-0.1, -0.05) is 112 Å². The van der Waals surface area contributed by atoms with E-state index in [2.05, 4.69) is 18.2 Å². The Morgan fingerprint density at radius 3 is 1.43 bits per heavy atom. The molecule has 4 nitrogen and oxygen atoms in total. The van der Waals surface area contributed by atoms with Crippen LogP contribution in [0.3, 0.4) is 0 Å². The largest absolute Gasteiger partial charge is 0.481 e. The molecule has 0 aromatic rings. The van der Waals surface area contributed by atoms with Crippen molar-refractivity contribution in [2.24, 2.45) is 11.3 Å². The fraction of sp³-hybridized carbons (Fsp3) is 0.778. The van der Waals surface area contributed by atoms with Gasteiger partial charge in [0.15, 0.2) is 0 Å². The Hall–Kier alpha value is -1.84. The molecule has 3 rings (SSSR count). The first-order chi connectivity index (χ1) is 19.6. The van der Waals surface area contributed by atoms with Crippen molar-refractivity contribution in [3.05, 3.63) is 34.9 Å². The summed E-state index contributed by atoms with van der Waals surface area (Å²) in [5.41, 5.74) is 2.31. The molecule has 0 spiro atoms. The topological polar surface area (TPSA) is 74.6 Å². The van der Waals surface area contributed by atoms with Gasteiger partial charge in [-0.3, -0.25) is 9.59 Å². The van der Waals surface area contributed by atoms with E-state index >= 15 is 0 Å². The lowest BCUT2D eigenvalue weighted by Crippen LogP contribution is -2.44. The molecular weight excluding hydrogens is 496 g/mol. The summed E-state index contributed by atoms with van der Waals surface area (Å²) in [6.07, 6.45) is 33.9. The Kier molecular flexibility index (Phi) is 15.2. The number of aliphatic carboxylic acids is 2. The highest BCUT2D eigenvalue weighted by molar-refractivity contribution is 5.84. The molecule has 0 aliphatic heterocycles. The average molecular weight is 555 g/mol. The molecule has 0 radical (unpaired) electrons. The minimum atomic E-state index is -1.12. The zero-order valence-electron chi connectivity index (χ0n) is 25.4. The molecule has 0 saturated carbocycles. The Balaban J connectivity index is 2.21. The summed E-state index contributed by atoms with van der Waals surface area (Å²) in [5, 5.41) is 21.4. The lowest BCUT2D eigenvalue weighted by atomic mass is 9.58. The number of hydrogen-bond acceptors (Lipinski definition) is 2. The molecule has 0 bridgehead atoms. The fourth-order valence-corrected chi connectivity index (χ4v) is 7.72. The van der Waals surface area contributed by atoms with E-state index in [0.29, 0.717) is 6.42 Å². The van der Waals surface area contributed by atoms with Gasteiger partial charge in [-0.25, -0.2) is 0 Å². The van der Waals surface area contributed by atoms with Crippen molar-refractivity contribution < 1.29 is 19.8 Å². The number of carboxylic acid groups (broad SMARTS) is 2. The summed E-state index contributed by atoms with van der Waals surface area (Å²) >= 11 is 0. The third kappa shape index (κ3) is 9.91. The van der Waals surface area contributed by atoms with E-state index in [1.165, 1.54) is 69.8 Å². The number of carboxylic acids is 2. The Morgan fingerprint density at radius 1 is 0.575 bits per heavy atom. The van der Waals surface area contributed by atoms with Crippen molar-refractivity contribution in [3.8, 4) is 0 Å². The fourth-order valence-electron chi connectivity index (χ4n) is 7.72. The van der Waals surface area contributed by atoms with Gasteiger partial charge in [-0.2, -0.15) is 0 Å². The molecule has 40 heavy (non-hydrogen) atoms. The van der Waals surface area contributed by atoms with Gasteiger partial charge in [0.05, 0.1) is 0 Å². The summed E-state index contributed by atoms with van der Waals surface area (Å²) in [7, 11) is 0. The summed E-state index contributed by atoms with van der Waals surface area (Å²) in [4.78, 5) is 26.1. The lowest BCUT2D eigenvalue weighted by molar-refractivity contribution is -0.148. The van der Waals surface area contributed by atoms with Crippen LogP contribution >= 0.6 is 0 Å². The second kappa shape index (κ2) is 18.6. The van der Waals surface area contributed by atoms with Gasteiger partial charge in [0.25, 0.3) is 0 Å². The van der Waals surface area contributed by atoms with E-state index < -0.39 is 17.4 Å². The molecule has 0 aromatic heterocycles. The summed E-state index contributed by atoms with van der Waals surface area (Å²) in [5.74, 6) is -1.83. The van der Waals surface area contributed by atoms with Gasteiger partial charge < -0.3 is 10.2 Å². The Bertz CT molecular complexity index is 830. The Morgan fingerprint density at radius 2 is 0.975 bits per heavy atom. The van der Waals surface area contributed by atoms with Crippen LogP contribution in [0.2, 0.25) is 0 Å². The van der Waals surface area contributed by atoms with Crippen LogP contribution in [-0.4, -0.2) is 22.2 Å². The summed E-state index contributed by atoms with van der Waals surface area (Å²) < 4.78 is 0. The first-order valence-electron chi connectivity index (χ1n) is 17.1. The third-order valence-electron chi connectivity index (χ3n) is 9.88. The Labute approximate surface area is 244 Å². The van der Waals surface area contributed by atoms with Crippen LogP contribution in [0.15, 0.2) is 34.9 Å². The number of hydrogen-bond donors (Lipinski definition) is 2. The van der Waals surface area contributed by atoms with Crippen LogP contribution in [-0.2, 0) is 9.59 Å². The van der Waals surface area contributed by atoms with Crippen molar-refractivity contribution in [2.75, 3.05) is 0 Å². The standard InChI is InChI=1S/C36H58O4/c37-34(38)29-28-33(30-22-16-10-4-1-5-11-17-23-30)36(35(39)40,31-24-18-12-6-2-7-13-19-25-31)32-26-20-14-8-3-9-15-21-27-32/h22,24,26,33H,1-21,23,25,27-29H2,(H,37,38)(H,39,40). The molecule has 0 fully saturated rings. The van der Waals surface area contributed by atoms with Crippen molar-refractivity contribution >= 4 is 11.9 Å². The van der Waals surface area contributed by atoms with Crippen molar-refractivity contribution in [2.45, 2.75) is 167 Å². The molecule has 2 N–H and O–H groups in total. The zero-order chi connectivity index (χ0) is 28.5. The number of carbonyl (C=O) groups is 2. The van der Waals surface area contributed by atoms with E-state index in [1.54, 1.807) is 0 Å². The average Bonchev–Trinajstić information content (AvgIpc) is 2.95. The zero-order valence-corrected chi connectivity index (χ0v) is 25.4. The van der Waals surface area contributed by atoms with Crippen molar-refractivity contribution in [1.29, 1.82) is 0 Å². The van der Waals surface area contributed by atoms with E-state index in [0.717, 1.165) is 101 Å². The predicted octanol–water partition coefficient (Wildman–Crippen LogP) is 10.7. The highest BCUT2D eigenvalue weighted by atomic mass is 16.4. The van der Waals surface area contributed by atoms with Crippen LogP contribution in [0.5, 0.6) is 0 Å².